The van der Waals surface area contributed by atoms with Crippen LogP contribution in [0.15, 0.2) is 122 Å². The van der Waals surface area contributed by atoms with Crippen LogP contribution >= 0.6 is 0 Å². The summed E-state index contributed by atoms with van der Waals surface area (Å²) < 4.78 is 0. The van der Waals surface area contributed by atoms with Gasteiger partial charge in [0.05, 0.1) is 11.4 Å². The van der Waals surface area contributed by atoms with Crippen molar-refractivity contribution in [2.24, 2.45) is 0 Å². The summed E-state index contributed by atoms with van der Waals surface area (Å²) in [4.78, 5) is 9.20. The topological polar surface area (TPSA) is 25.8 Å². The lowest BCUT2D eigenvalue weighted by atomic mass is 9.93. The molecule has 0 N–H and O–H groups in total. The van der Waals surface area contributed by atoms with Gasteiger partial charge in [0, 0.05) is 18.0 Å². The van der Waals surface area contributed by atoms with Gasteiger partial charge in [-0.15, -0.1) is 0 Å². The third kappa shape index (κ3) is 2.89. The highest BCUT2D eigenvalue weighted by atomic mass is 14.8. The van der Waals surface area contributed by atoms with Crippen LogP contribution in [0, 0.1) is 0 Å². The van der Waals surface area contributed by atoms with Crippen LogP contribution < -0.4 is 0 Å². The maximum absolute atomic E-state index is 4.67. The number of hydrogen-bond acceptors (Lipinski definition) is 2. The standard InChI is InChI=1S/C32H20N2/c1-2-12-27-26(11-1)28-13-6-10-23-19-24(20-29(27)31(23)28)21-8-5-9-22(18-21)25-14-7-17-34-32(25)30-15-3-4-16-33-30/h1-20H. The lowest BCUT2D eigenvalue weighted by Gasteiger charge is -2.12. The van der Waals surface area contributed by atoms with Gasteiger partial charge in [0.2, 0.25) is 0 Å². The maximum atomic E-state index is 4.67. The quantitative estimate of drug-likeness (QED) is 0.281. The second-order valence-corrected chi connectivity index (χ2v) is 8.67. The van der Waals surface area contributed by atoms with Crippen molar-refractivity contribution < 1.29 is 0 Å². The average Bonchev–Trinajstić information content (AvgIpc) is 3.24. The molecule has 2 nitrogen and oxygen atoms in total. The Morgan fingerprint density at radius 1 is 0.412 bits per heavy atom. The van der Waals surface area contributed by atoms with Crippen molar-refractivity contribution in [1.29, 1.82) is 0 Å². The van der Waals surface area contributed by atoms with Crippen LogP contribution in [0.3, 0.4) is 0 Å². The van der Waals surface area contributed by atoms with Crippen molar-refractivity contribution in [1.82, 2.24) is 9.97 Å². The van der Waals surface area contributed by atoms with E-state index in [9.17, 15) is 0 Å². The minimum atomic E-state index is 0.881. The number of rotatable bonds is 3. The maximum Gasteiger partial charge on any atom is 0.0964 e. The largest absolute Gasteiger partial charge is 0.255 e. The normalized spacial score (nSPS) is 11.5. The molecule has 4 aromatic carbocycles. The van der Waals surface area contributed by atoms with Crippen LogP contribution in [-0.2, 0) is 0 Å². The van der Waals surface area contributed by atoms with Crippen molar-refractivity contribution in [2.75, 3.05) is 0 Å². The molecule has 0 radical (unpaired) electrons. The summed E-state index contributed by atoms with van der Waals surface area (Å²) in [6.07, 6.45) is 3.64. The molecular weight excluding hydrogens is 412 g/mol. The van der Waals surface area contributed by atoms with E-state index in [2.05, 4.69) is 94.9 Å². The Labute approximate surface area is 198 Å². The molecule has 6 aromatic rings. The number of fused-ring (bicyclic) bond motifs is 3. The molecule has 0 unspecified atom stereocenters. The Kier molecular flexibility index (Phi) is 4.18. The number of nitrogens with zero attached hydrogens (tertiary/aromatic N) is 2. The van der Waals surface area contributed by atoms with Crippen LogP contribution in [0.4, 0.5) is 0 Å². The van der Waals surface area contributed by atoms with Gasteiger partial charge < -0.3 is 0 Å². The molecule has 7 rings (SSSR count). The van der Waals surface area contributed by atoms with Crippen molar-refractivity contribution in [3.63, 3.8) is 0 Å². The van der Waals surface area contributed by atoms with Gasteiger partial charge in [-0.05, 0) is 86.1 Å². The second kappa shape index (κ2) is 7.50. The highest BCUT2D eigenvalue weighted by molar-refractivity contribution is 6.16. The molecule has 0 bridgehead atoms. The molecule has 158 valence electrons. The van der Waals surface area contributed by atoms with Crippen LogP contribution in [0.2, 0.25) is 0 Å². The highest BCUT2D eigenvalue weighted by Gasteiger charge is 2.21. The summed E-state index contributed by atoms with van der Waals surface area (Å²) in [6, 6.07) is 38.8. The first-order chi connectivity index (χ1) is 16.9. The minimum Gasteiger partial charge on any atom is -0.255 e. The van der Waals surface area contributed by atoms with E-state index in [1.807, 2.05) is 36.7 Å². The van der Waals surface area contributed by atoms with Crippen LogP contribution in [0.5, 0.6) is 0 Å². The van der Waals surface area contributed by atoms with Crippen molar-refractivity contribution in [3.8, 4) is 55.9 Å². The van der Waals surface area contributed by atoms with E-state index in [0.29, 0.717) is 0 Å². The Morgan fingerprint density at radius 3 is 2.03 bits per heavy atom. The molecule has 1 aliphatic rings. The average molecular weight is 433 g/mol. The molecule has 2 aromatic heterocycles. The fraction of sp³-hybridized carbons (Fsp3) is 0. The summed E-state index contributed by atoms with van der Waals surface area (Å²) in [5.74, 6) is 0. The van der Waals surface area contributed by atoms with Gasteiger partial charge in [-0.25, -0.2) is 0 Å². The second-order valence-electron chi connectivity index (χ2n) is 8.67. The molecule has 0 atom stereocenters. The molecule has 0 aliphatic heterocycles. The molecule has 0 fully saturated rings. The molecule has 2 heterocycles. The fourth-order valence-electron chi connectivity index (χ4n) is 5.20. The van der Waals surface area contributed by atoms with Gasteiger partial charge in [-0.1, -0.05) is 72.8 Å². The van der Waals surface area contributed by atoms with Crippen LogP contribution in [0.1, 0.15) is 0 Å². The fourth-order valence-corrected chi connectivity index (χ4v) is 5.20. The van der Waals surface area contributed by atoms with Crippen molar-refractivity contribution >= 4 is 10.8 Å². The number of benzene rings is 4. The van der Waals surface area contributed by atoms with Gasteiger partial charge in [-0.2, -0.15) is 0 Å². The third-order valence-electron chi connectivity index (χ3n) is 6.71. The Balaban J connectivity index is 1.40. The summed E-state index contributed by atoms with van der Waals surface area (Å²) in [7, 11) is 0. The first kappa shape index (κ1) is 19.0. The summed E-state index contributed by atoms with van der Waals surface area (Å²) in [5, 5.41) is 2.63. The Bertz CT molecular complexity index is 1700. The summed E-state index contributed by atoms with van der Waals surface area (Å²) in [6.45, 7) is 0. The third-order valence-corrected chi connectivity index (χ3v) is 6.71. The van der Waals surface area contributed by atoms with Crippen LogP contribution in [0.25, 0.3) is 66.7 Å². The molecule has 34 heavy (non-hydrogen) atoms. The van der Waals surface area contributed by atoms with E-state index < -0.39 is 0 Å². The first-order valence-electron chi connectivity index (χ1n) is 11.5. The van der Waals surface area contributed by atoms with Gasteiger partial charge in [0.15, 0.2) is 0 Å². The predicted molar refractivity (Wildman–Crippen MR) is 140 cm³/mol. The number of aromatic nitrogens is 2. The Morgan fingerprint density at radius 2 is 1.15 bits per heavy atom. The molecule has 0 amide bonds. The van der Waals surface area contributed by atoms with E-state index in [1.165, 1.54) is 44.2 Å². The van der Waals surface area contributed by atoms with Crippen molar-refractivity contribution in [2.45, 2.75) is 0 Å². The summed E-state index contributed by atoms with van der Waals surface area (Å²) in [5.41, 5.74) is 11.7. The lowest BCUT2D eigenvalue weighted by Crippen LogP contribution is -1.91. The molecule has 0 saturated carbocycles. The van der Waals surface area contributed by atoms with Gasteiger partial charge in [0.25, 0.3) is 0 Å². The first-order valence-corrected chi connectivity index (χ1v) is 11.5. The molecule has 0 spiro atoms. The minimum absolute atomic E-state index is 0.881. The summed E-state index contributed by atoms with van der Waals surface area (Å²) >= 11 is 0. The van der Waals surface area contributed by atoms with E-state index in [-0.39, 0.29) is 0 Å². The molecular formula is C32H20N2. The zero-order valence-corrected chi connectivity index (χ0v) is 18.4. The number of pyridine rings is 2. The van der Waals surface area contributed by atoms with Gasteiger partial charge in [0.1, 0.15) is 0 Å². The Hall–Kier alpha value is -4.56. The molecule has 2 heteroatoms. The lowest BCUT2D eigenvalue weighted by molar-refractivity contribution is 1.25. The van der Waals surface area contributed by atoms with Crippen LogP contribution in [-0.4, -0.2) is 9.97 Å². The monoisotopic (exact) mass is 432 g/mol. The smallest absolute Gasteiger partial charge is 0.0964 e. The van der Waals surface area contributed by atoms with Gasteiger partial charge in [-0.3, -0.25) is 9.97 Å². The zero-order valence-electron chi connectivity index (χ0n) is 18.4. The highest BCUT2D eigenvalue weighted by Crippen LogP contribution is 2.48. The van der Waals surface area contributed by atoms with E-state index >= 15 is 0 Å². The van der Waals surface area contributed by atoms with E-state index in [4.69, 9.17) is 0 Å². The molecule has 0 saturated heterocycles. The SMILES string of the molecule is c1ccc(-c2ncccc2-c2cccc(-c3cc4c5c(cccc5c3)-c3ccccc3-4)c2)nc1. The number of hydrogen-bond donors (Lipinski definition) is 0. The molecule has 1 aliphatic carbocycles. The van der Waals surface area contributed by atoms with Gasteiger partial charge >= 0.3 is 0 Å². The van der Waals surface area contributed by atoms with Crippen molar-refractivity contribution in [3.05, 3.63) is 122 Å². The van der Waals surface area contributed by atoms with E-state index in [1.54, 1.807) is 0 Å². The van der Waals surface area contributed by atoms with E-state index in [0.717, 1.165) is 22.5 Å². The predicted octanol–water partition coefficient (Wildman–Crippen LogP) is 8.28. The zero-order chi connectivity index (χ0) is 22.5.